The third kappa shape index (κ3) is 1.49. The minimum Gasteiger partial charge on any atom is -0.508 e. The Morgan fingerprint density at radius 2 is 2.21 bits per heavy atom. The maximum Gasteiger partial charge on any atom is 0.117 e. The molecule has 1 nitrogen and oxygen atoms in total. The van der Waals surface area contributed by atoms with Crippen LogP contribution in [-0.2, 0) is 12.3 Å². The Bertz CT molecular complexity index is 462. The summed E-state index contributed by atoms with van der Waals surface area (Å²) in [4.78, 5) is 1.22. The maximum atomic E-state index is 9.35. The van der Waals surface area contributed by atoms with E-state index in [0.717, 1.165) is 11.1 Å². The highest BCUT2D eigenvalue weighted by Gasteiger charge is 2.09. The number of alkyl halides is 1. The van der Waals surface area contributed by atoms with Crippen molar-refractivity contribution in [2.24, 2.45) is 0 Å². The Labute approximate surface area is 91.9 Å². The fourth-order valence-electron chi connectivity index (χ4n) is 1.68. The van der Waals surface area contributed by atoms with Gasteiger partial charge in [-0.3, -0.25) is 0 Å². The summed E-state index contributed by atoms with van der Waals surface area (Å²) in [6, 6.07) is 5.50. The number of benzene rings is 1. The van der Waals surface area contributed by atoms with Gasteiger partial charge in [-0.05, 0) is 35.6 Å². The normalized spacial score (nSPS) is 11.0. The van der Waals surface area contributed by atoms with Crippen molar-refractivity contribution < 1.29 is 5.11 Å². The molecule has 0 aliphatic carbocycles. The van der Waals surface area contributed by atoms with Crippen LogP contribution in [-0.4, -0.2) is 5.11 Å². The van der Waals surface area contributed by atoms with Crippen molar-refractivity contribution in [1.82, 2.24) is 0 Å². The molecule has 1 N–H and O–H groups in total. The lowest BCUT2D eigenvalue weighted by Gasteiger charge is -1.96. The quantitative estimate of drug-likeness (QED) is 0.770. The van der Waals surface area contributed by atoms with Crippen LogP contribution in [0.4, 0.5) is 0 Å². The van der Waals surface area contributed by atoms with E-state index in [1.165, 1.54) is 15.8 Å². The summed E-state index contributed by atoms with van der Waals surface area (Å²) in [5.41, 5.74) is 1.32. The van der Waals surface area contributed by atoms with Gasteiger partial charge < -0.3 is 5.11 Å². The van der Waals surface area contributed by atoms with E-state index in [2.05, 4.69) is 6.92 Å². The highest BCUT2D eigenvalue weighted by Crippen LogP contribution is 2.34. The summed E-state index contributed by atoms with van der Waals surface area (Å²) in [5.74, 6) is 0.881. The van der Waals surface area contributed by atoms with Gasteiger partial charge in [0.25, 0.3) is 0 Å². The van der Waals surface area contributed by atoms with Crippen LogP contribution in [0.2, 0.25) is 0 Å². The molecule has 0 atom stereocenters. The molecule has 2 aromatic rings. The van der Waals surface area contributed by atoms with Gasteiger partial charge in [0, 0.05) is 9.58 Å². The molecule has 1 aromatic heterocycles. The van der Waals surface area contributed by atoms with Gasteiger partial charge in [-0.15, -0.1) is 22.9 Å². The van der Waals surface area contributed by atoms with Crippen LogP contribution in [0.15, 0.2) is 18.2 Å². The summed E-state index contributed by atoms with van der Waals surface area (Å²) < 4.78 is 1.12. The second-order valence-corrected chi connectivity index (χ2v) is 4.58. The van der Waals surface area contributed by atoms with Crippen LogP contribution in [0.25, 0.3) is 10.1 Å². The third-order valence-corrected chi connectivity index (χ3v) is 3.96. The van der Waals surface area contributed by atoms with E-state index in [1.54, 1.807) is 23.5 Å². The molecule has 0 saturated carbocycles. The second-order valence-electron chi connectivity index (χ2n) is 3.17. The number of hydrogen-bond acceptors (Lipinski definition) is 2. The van der Waals surface area contributed by atoms with Crippen LogP contribution in [0, 0.1) is 0 Å². The molecule has 3 heteroatoms. The number of fused-ring (bicyclic) bond motifs is 1. The summed E-state index contributed by atoms with van der Waals surface area (Å²) in [5, 5.41) is 10.6. The molecular formula is C11H11ClOS. The molecule has 0 aliphatic rings. The molecule has 2 rings (SSSR count). The molecule has 0 spiro atoms. The van der Waals surface area contributed by atoms with Crippen LogP contribution in [0.5, 0.6) is 5.75 Å². The SMILES string of the molecule is CCc1c(CCl)sc2cc(O)ccc12. The predicted octanol–water partition coefficient (Wildman–Crippen LogP) is 3.91. The first kappa shape index (κ1) is 9.81. The van der Waals surface area contributed by atoms with Crippen molar-refractivity contribution in [3.63, 3.8) is 0 Å². The highest BCUT2D eigenvalue weighted by molar-refractivity contribution is 7.19. The summed E-state index contributed by atoms with van der Waals surface area (Å²) >= 11 is 7.54. The van der Waals surface area contributed by atoms with Gasteiger partial charge >= 0.3 is 0 Å². The number of aryl methyl sites for hydroxylation is 1. The standard InChI is InChI=1S/C11H11ClOS/c1-2-8-9-4-3-7(13)5-10(9)14-11(8)6-12/h3-5,13H,2,6H2,1H3. The number of thiophene rings is 1. The monoisotopic (exact) mass is 226 g/mol. The first-order valence-corrected chi connectivity index (χ1v) is 5.90. The van der Waals surface area contributed by atoms with E-state index in [0.29, 0.717) is 11.6 Å². The van der Waals surface area contributed by atoms with Crippen LogP contribution in [0.3, 0.4) is 0 Å². The van der Waals surface area contributed by atoms with Crippen molar-refractivity contribution in [2.75, 3.05) is 0 Å². The first-order chi connectivity index (χ1) is 6.76. The molecular weight excluding hydrogens is 216 g/mol. The molecule has 0 fully saturated rings. The van der Waals surface area contributed by atoms with Crippen LogP contribution < -0.4 is 0 Å². The third-order valence-electron chi connectivity index (χ3n) is 2.33. The lowest BCUT2D eigenvalue weighted by atomic mass is 10.1. The highest BCUT2D eigenvalue weighted by atomic mass is 35.5. The zero-order valence-electron chi connectivity index (χ0n) is 7.88. The summed E-state index contributed by atoms with van der Waals surface area (Å²) in [6.45, 7) is 2.13. The molecule has 1 aromatic carbocycles. The van der Waals surface area contributed by atoms with Gasteiger partial charge in [0.1, 0.15) is 5.75 Å². The zero-order valence-corrected chi connectivity index (χ0v) is 9.45. The Balaban J connectivity index is 2.73. The average molecular weight is 227 g/mol. The second kappa shape index (κ2) is 3.79. The molecule has 0 aliphatic heterocycles. The van der Waals surface area contributed by atoms with Crippen molar-refractivity contribution in [3.05, 3.63) is 28.6 Å². The van der Waals surface area contributed by atoms with Crippen molar-refractivity contribution in [3.8, 4) is 5.75 Å². The molecule has 0 unspecified atom stereocenters. The van der Waals surface area contributed by atoms with Gasteiger partial charge in [-0.2, -0.15) is 0 Å². The Hall–Kier alpha value is -0.730. The molecule has 0 amide bonds. The van der Waals surface area contributed by atoms with Gasteiger partial charge in [0.2, 0.25) is 0 Å². The molecule has 0 bridgehead atoms. The lowest BCUT2D eigenvalue weighted by Crippen LogP contribution is -1.81. The van der Waals surface area contributed by atoms with E-state index in [1.807, 2.05) is 6.07 Å². The minimum absolute atomic E-state index is 0.322. The van der Waals surface area contributed by atoms with E-state index in [-0.39, 0.29) is 0 Å². The van der Waals surface area contributed by atoms with E-state index in [4.69, 9.17) is 11.6 Å². The summed E-state index contributed by atoms with van der Waals surface area (Å²) in [6.07, 6.45) is 0.993. The fourth-order valence-corrected chi connectivity index (χ4v) is 3.19. The van der Waals surface area contributed by atoms with Crippen molar-refractivity contribution in [2.45, 2.75) is 19.2 Å². The van der Waals surface area contributed by atoms with Gasteiger partial charge in [-0.1, -0.05) is 6.92 Å². The van der Waals surface area contributed by atoms with E-state index < -0.39 is 0 Å². The largest absolute Gasteiger partial charge is 0.508 e. The Morgan fingerprint density at radius 3 is 2.86 bits per heavy atom. The van der Waals surface area contributed by atoms with Crippen LogP contribution in [0.1, 0.15) is 17.4 Å². The summed E-state index contributed by atoms with van der Waals surface area (Å²) in [7, 11) is 0. The molecule has 0 saturated heterocycles. The predicted molar refractivity (Wildman–Crippen MR) is 62.4 cm³/mol. The molecule has 0 radical (unpaired) electrons. The van der Waals surface area contributed by atoms with Crippen LogP contribution >= 0.6 is 22.9 Å². The lowest BCUT2D eigenvalue weighted by molar-refractivity contribution is 0.476. The molecule has 1 heterocycles. The maximum absolute atomic E-state index is 9.35. The Morgan fingerprint density at radius 1 is 1.43 bits per heavy atom. The van der Waals surface area contributed by atoms with Gasteiger partial charge in [0.15, 0.2) is 0 Å². The van der Waals surface area contributed by atoms with Gasteiger partial charge in [-0.25, -0.2) is 0 Å². The smallest absolute Gasteiger partial charge is 0.117 e. The molecule has 14 heavy (non-hydrogen) atoms. The van der Waals surface area contributed by atoms with Crippen molar-refractivity contribution in [1.29, 1.82) is 0 Å². The minimum atomic E-state index is 0.322. The topological polar surface area (TPSA) is 20.2 Å². The first-order valence-electron chi connectivity index (χ1n) is 4.55. The number of phenolic OH excluding ortho intramolecular Hbond substituents is 1. The van der Waals surface area contributed by atoms with Gasteiger partial charge in [0.05, 0.1) is 5.88 Å². The van der Waals surface area contributed by atoms with E-state index >= 15 is 0 Å². The zero-order chi connectivity index (χ0) is 10.1. The average Bonchev–Trinajstić information content (AvgIpc) is 2.54. The molecule has 74 valence electrons. The number of halogens is 1. The number of hydrogen-bond donors (Lipinski definition) is 1. The number of phenols is 1. The number of aromatic hydroxyl groups is 1. The van der Waals surface area contributed by atoms with Crippen molar-refractivity contribution >= 4 is 33.0 Å². The number of rotatable bonds is 2. The fraction of sp³-hybridized carbons (Fsp3) is 0.273. The van der Waals surface area contributed by atoms with E-state index in [9.17, 15) is 5.11 Å². The Kier molecular flexibility index (Phi) is 2.66.